The Balaban J connectivity index is 1.63. The highest BCUT2D eigenvalue weighted by molar-refractivity contribution is 5.97. The van der Waals surface area contributed by atoms with Crippen LogP contribution in [0.1, 0.15) is 28.4 Å². The minimum atomic E-state index is -0.0584. The van der Waals surface area contributed by atoms with Gasteiger partial charge in [-0.15, -0.1) is 0 Å². The molecule has 1 aliphatic rings. The lowest BCUT2D eigenvalue weighted by molar-refractivity contribution is 0.0949. The average Bonchev–Trinajstić information content (AvgIpc) is 2.88. The van der Waals surface area contributed by atoms with Gasteiger partial charge in [-0.3, -0.25) is 4.79 Å². The van der Waals surface area contributed by atoms with E-state index in [0.717, 1.165) is 24.2 Å². The van der Waals surface area contributed by atoms with Crippen molar-refractivity contribution < 1.29 is 9.53 Å². The summed E-state index contributed by atoms with van der Waals surface area (Å²) in [5.74, 6) is 0.694. The zero-order valence-electron chi connectivity index (χ0n) is 12.1. The molecule has 3 rings (SSSR count). The van der Waals surface area contributed by atoms with Crippen molar-refractivity contribution >= 4 is 5.91 Å². The molecule has 2 aromatic carbocycles. The second-order valence-electron chi connectivity index (χ2n) is 5.42. The van der Waals surface area contributed by atoms with Gasteiger partial charge in [0, 0.05) is 13.0 Å². The molecule has 108 valence electrons. The Bertz CT molecular complexity index is 637. The molecule has 21 heavy (non-hydrogen) atoms. The summed E-state index contributed by atoms with van der Waals surface area (Å²) in [6.07, 6.45) is 1.86. The number of ether oxygens (including phenoxy) is 1. The minimum absolute atomic E-state index is 0.0584. The lowest BCUT2D eigenvalue weighted by Crippen LogP contribution is -2.26. The number of nitrogens with one attached hydrogen (secondary N) is 1. The molecule has 1 aliphatic heterocycles. The molecule has 3 nitrogen and oxygen atoms in total. The van der Waals surface area contributed by atoms with Crippen molar-refractivity contribution in [1.82, 2.24) is 5.32 Å². The van der Waals surface area contributed by atoms with E-state index < -0.39 is 0 Å². The molecule has 0 aromatic heterocycles. The number of amides is 1. The summed E-state index contributed by atoms with van der Waals surface area (Å²) in [7, 11) is 0. The topological polar surface area (TPSA) is 38.3 Å². The molecule has 1 unspecified atom stereocenters. The Morgan fingerprint density at radius 2 is 2.00 bits per heavy atom. The van der Waals surface area contributed by atoms with Crippen molar-refractivity contribution in [1.29, 1.82) is 0 Å². The van der Waals surface area contributed by atoms with E-state index in [4.69, 9.17) is 4.74 Å². The second kappa shape index (κ2) is 6.00. The summed E-state index contributed by atoms with van der Waals surface area (Å²) < 4.78 is 5.76. The fourth-order valence-electron chi connectivity index (χ4n) is 2.68. The van der Waals surface area contributed by atoms with Gasteiger partial charge >= 0.3 is 0 Å². The molecule has 3 heteroatoms. The van der Waals surface area contributed by atoms with E-state index in [1.54, 1.807) is 0 Å². The third-order valence-corrected chi connectivity index (χ3v) is 3.71. The smallest absolute Gasteiger partial charge is 0.255 e. The second-order valence-corrected chi connectivity index (χ2v) is 5.42. The summed E-state index contributed by atoms with van der Waals surface area (Å²) in [6.45, 7) is 2.65. The van der Waals surface area contributed by atoms with Crippen molar-refractivity contribution in [3.05, 3.63) is 65.2 Å². The first kappa shape index (κ1) is 13.7. The molecule has 0 bridgehead atoms. The van der Waals surface area contributed by atoms with E-state index in [1.807, 2.05) is 43.3 Å². The molecule has 0 spiro atoms. The van der Waals surface area contributed by atoms with Crippen LogP contribution in [0.15, 0.2) is 48.5 Å². The highest BCUT2D eigenvalue weighted by Gasteiger charge is 2.24. The van der Waals surface area contributed by atoms with E-state index in [2.05, 4.69) is 17.4 Å². The molecular formula is C18H19NO2. The molecule has 0 radical (unpaired) electrons. The lowest BCUT2D eigenvalue weighted by atomic mass is 10.1. The Morgan fingerprint density at radius 1 is 1.19 bits per heavy atom. The molecule has 1 amide bonds. The summed E-state index contributed by atoms with van der Waals surface area (Å²) in [6, 6.07) is 15.9. The average molecular weight is 281 g/mol. The highest BCUT2D eigenvalue weighted by atomic mass is 16.5. The van der Waals surface area contributed by atoms with Crippen LogP contribution in [0, 0.1) is 0 Å². The number of hydrogen-bond donors (Lipinski definition) is 1. The highest BCUT2D eigenvalue weighted by Crippen LogP contribution is 2.32. The van der Waals surface area contributed by atoms with Crippen LogP contribution < -0.4 is 10.1 Å². The molecular weight excluding hydrogens is 262 g/mol. The van der Waals surface area contributed by atoms with E-state index in [-0.39, 0.29) is 12.0 Å². The molecule has 1 heterocycles. The number of benzene rings is 2. The maximum Gasteiger partial charge on any atom is 0.255 e. The quantitative estimate of drug-likeness (QED) is 0.935. The molecule has 0 fully saturated rings. The van der Waals surface area contributed by atoms with Gasteiger partial charge in [-0.1, -0.05) is 42.5 Å². The van der Waals surface area contributed by atoms with Crippen molar-refractivity contribution in [2.45, 2.75) is 25.9 Å². The lowest BCUT2D eigenvalue weighted by Gasteiger charge is -2.10. The molecule has 0 saturated carbocycles. The van der Waals surface area contributed by atoms with Gasteiger partial charge < -0.3 is 10.1 Å². The Hall–Kier alpha value is -2.29. The number of fused-ring (bicyclic) bond motifs is 1. The van der Waals surface area contributed by atoms with Crippen LogP contribution in [0.2, 0.25) is 0 Å². The van der Waals surface area contributed by atoms with Crippen molar-refractivity contribution in [2.24, 2.45) is 0 Å². The zero-order valence-corrected chi connectivity index (χ0v) is 12.1. The molecule has 2 aromatic rings. The minimum Gasteiger partial charge on any atom is -0.489 e. The van der Waals surface area contributed by atoms with Crippen LogP contribution in [0.5, 0.6) is 5.75 Å². The van der Waals surface area contributed by atoms with Gasteiger partial charge in [-0.05, 0) is 30.5 Å². The zero-order chi connectivity index (χ0) is 14.7. The third kappa shape index (κ3) is 3.07. The van der Waals surface area contributed by atoms with Gasteiger partial charge in [0.15, 0.2) is 0 Å². The molecule has 1 N–H and O–H groups in total. The van der Waals surface area contributed by atoms with Crippen molar-refractivity contribution in [2.75, 3.05) is 6.54 Å². The normalized spacial score (nSPS) is 16.1. The first-order valence-corrected chi connectivity index (χ1v) is 7.34. The maximum atomic E-state index is 12.3. The first-order valence-electron chi connectivity index (χ1n) is 7.34. The Kier molecular flexibility index (Phi) is 3.91. The molecule has 0 saturated heterocycles. The van der Waals surface area contributed by atoms with Gasteiger partial charge in [-0.2, -0.15) is 0 Å². The first-order chi connectivity index (χ1) is 10.2. The van der Waals surface area contributed by atoms with Crippen LogP contribution >= 0.6 is 0 Å². The van der Waals surface area contributed by atoms with E-state index in [9.17, 15) is 4.79 Å². The van der Waals surface area contributed by atoms with Crippen LogP contribution in [-0.2, 0) is 12.8 Å². The predicted molar refractivity (Wildman–Crippen MR) is 82.7 cm³/mol. The molecule has 1 atom stereocenters. The SMILES string of the molecule is CC1Cc2cccc(C(=O)NCCc3ccccc3)c2O1. The third-order valence-electron chi connectivity index (χ3n) is 3.71. The van der Waals surface area contributed by atoms with Gasteiger partial charge in [-0.25, -0.2) is 0 Å². The number of para-hydroxylation sites is 1. The van der Waals surface area contributed by atoms with Crippen molar-refractivity contribution in [3.63, 3.8) is 0 Å². The van der Waals surface area contributed by atoms with Crippen LogP contribution in [0.4, 0.5) is 0 Å². The fraction of sp³-hybridized carbons (Fsp3) is 0.278. The Morgan fingerprint density at radius 3 is 2.81 bits per heavy atom. The van der Waals surface area contributed by atoms with E-state index >= 15 is 0 Å². The number of rotatable bonds is 4. The summed E-state index contributed by atoms with van der Waals surface area (Å²) in [5, 5.41) is 2.97. The van der Waals surface area contributed by atoms with Gasteiger partial charge in [0.25, 0.3) is 5.91 Å². The number of carbonyl (C=O) groups is 1. The van der Waals surface area contributed by atoms with E-state index in [1.165, 1.54) is 5.56 Å². The van der Waals surface area contributed by atoms with Gasteiger partial charge in [0.05, 0.1) is 5.56 Å². The number of hydrogen-bond acceptors (Lipinski definition) is 2. The summed E-state index contributed by atoms with van der Waals surface area (Å²) >= 11 is 0. The number of carbonyl (C=O) groups excluding carboxylic acids is 1. The van der Waals surface area contributed by atoms with Crippen LogP contribution in [0.25, 0.3) is 0 Å². The monoisotopic (exact) mass is 281 g/mol. The van der Waals surface area contributed by atoms with Crippen LogP contribution in [-0.4, -0.2) is 18.6 Å². The maximum absolute atomic E-state index is 12.3. The van der Waals surface area contributed by atoms with Gasteiger partial charge in [0.1, 0.15) is 11.9 Å². The standard InChI is InChI=1S/C18H19NO2/c1-13-12-15-8-5-9-16(17(15)21-13)18(20)19-11-10-14-6-3-2-4-7-14/h2-9,13H,10-12H2,1H3,(H,19,20). The summed E-state index contributed by atoms with van der Waals surface area (Å²) in [4.78, 5) is 12.3. The molecule has 0 aliphatic carbocycles. The largest absolute Gasteiger partial charge is 0.489 e. The Labute approximate surface area is 124 Å². The predicted octanol–water partition coefficient (Wildman–Crippen LogP) is 2.98. The van der Waals surface area contributed by atoms with Gasteiger partial charge in [0.2, 0.25) is 0 Å². The van der Waals surface area contributed by atoms with Crippen molar-refractivity contribution in [3.8, 4) is 5.75 Å². The fourth-order valence-corrected chi connectivity index (χ4v) is 2.68. The van der Waals surface area contributed by atoms with Crippen LogP contribution in [0.3, 0.4) is 0 Å². The van der Waals surface area contributed by atoms with E-state index in [0.29, 0.717) is 12.1 Å². The summed E-state index contributed by atoms with van der Waals surface area (Å²) in [5.41, 5.74) is 2.99.